The Morgan fingerprint density at radius 2 is 1.72 bits per heavy atom. The van der Waals surface area contributed by atoms with Gasteiger partial charge in [0.1, 0.15) is 11.1 Å². The molecule has 1 aliphatic carbocycles. The number of halogens is 4. The van der Waals surface area contributed by atoms with Crippen LogP contribution < -0.4 is 31.1 Å². The molecule has 0 unspecified atom stereocenters. The van der Waals surface area contributed by atoms with Gasteiger partial charge in [-0.05, 0) is 119 Å². The molecule has 4 aliphatic heterocycles. The van der Waals surface area contributed by atoms with Gasteiger partial charge in [-0.2, -0.15) is 18.2 Å². The number of ether oxygens (including phenoxy) is 2. The van der Waals surface area contributed by atoms with Crippen LogP contribution >= 0.6 is 11.6 Å². The quantitative estimate of drug-likeness (QED) is 0.140. The molecule has 20 heteroatoms. The Hall–Kier alpha value is -5.79. The Morgan fingerprint density at radius 1 is 0.970 bits per heavy atom. The maximum Gasteiger partial charge on any atom is 0.416 e. The second-order valence-electron chi connectivity index (χ2n) is 18.4. The predicted molar refractivity (Wildman–Crippen MR) is 243 cm³/mol. The summed E-state index contributed by atoms with van der Waals surface area (Å²) in [5.41, 5.74) is 0.908. The first-order valence-corrected chi connectivity index (χ1v) is 23.3. The Balaban J connectivity index is 0.764. The Kier molecular flexibility index (Phi) is 12.9. The van der Waals surface area contributed by atoms with Crippen LogP contribution in [0.5, 0.6) is 5.75 Å². The van der Waals surface area contributed by atoms with Gasteiger partial charge >= 0.3 is 6.18 Å². The highest BCUT2D eigenvalue weighted by Crippen LogP contribution is 2.44. The van der Waals surface area contributed by atoms with Crippen molar-refractivity contribution in [2.24, 2.45) is 0 Å². The van der Waals surface area contributed by atoms with Crippen molar-refractivity contribution in [3.8, 4) is 5.75 Å². The summed E-state index contributed by atoms with van der Waals surface area (Å²) < 4.78 is 57.3. The van der Waals surface area contributed by atoms with E-state index in [1.54, 1.807) is 16.8 Å². The summed E-state index contributed by atoms with van der Waals surface area (Å²) >= 11 is 6.58. The number of piperidine rings is 3. The first-order chi connectivity index (χ1) is 32.0. The van der Waals surface area contributed by atoms with Gasteiger partial charge in [0.15, 0.2) is 18.2 Å². The maximum atomic E-state index is 14.5. The van der Waals surface area contributed by atoms with E-state index in [-0.39, 0.29) is 78.5 Å². The molecule has 356 valence electrons. The molecule has 16 nitrogen and oxygen atoms in total. The van der Waals surface area contributed by atoms with E-state index in [0.717, 1.165) is 37.1 Å². The third-order valence-corrected chi connectivity index (χ3v) is 14.1. The lowest BCUT2D eigenvalue weighted by Gasteiger charge is -2.47. The molecule has 1 saturated carbocycles. The molecule has 9 rings (SSSR count). The average molecular weight is 948 g/mol. The van der Waals surface area contributed by atoms with Gasteiger partial charge in [-0.15, -0.1) is 0 Å². The standard InChI is InChI=1S/C47H53ClF3N9O7/c1-25(2)60-37-5-4-29(16-27(37)18-39(45(60)65)66-24-41(62)52-3)54-42-36(48)22-53-46(56-42)58-14-10-31(11-15-58)67-32-19-30(20-32)57-12-8-26(9-13-57)33-17-28-23-59(38-6-7-40(61)55-43(38)63)44(64)34(28)21-35(33)47(49,50)51/h4-5,16-18,21-22,25-26,30-32,38H,6-15,19-20,23-24H2,1-3H3,(H,52,62)(H,53,54,56)(H,55,61,63)/t30?,32?,38-/m1/s1. The molecule has 2 aromatic carbocycles. The lowest BCUT2D eigenvalue weighted by molar-refractivity contribution is -0.139. The molecule has 3 N–H and O–H groups in total. The Labute approximate surface area is 389 Å². The number of nitrogens with one attached hydrogen (secondary N) is 3. The van der Waals surface area contributed by atoms with E-state index in [1.807, 2.05) is 32.0 Å². The predicted octanol–water partition coefficient (Wildman–Crippen LogP) is 6.07. The molecule has 6 heterocycles. The van der Waals surface area contributed by atoms with E-state index < -0.39 is 35.5 Å². The van der Waals surface area contributed by atoms with Gasteiger partial charge in [-0.25, -0.2) is 4.98 Å². The van der Waals surface area contributed by atoms with E-state index in [4.69, 9.17) is 26.1 Å². The number of fused-ring (bicyclic) bond motifs is 2. The highest BCUT2D eigenvalue weighted by Gasteiger charge is 2.44. The largest absolute Gasteiger partial charge is 0.478 e. The molecule has 0 spiro atoms. The van der Waals surface area contributed by atoms with E-state index in [0.29, 0.717) is 78.6 Å². The Bertz CT molecular complexity index is 2660. The summed E-state index contributed by atoms with van der Waals surface area (Å²) in [7, 11) is 1.50. The molecule has 4 amide bonds. The van der Waals surface area contributed by atoms with Crippen molar-refractivity contribution >= 4 is 63.6 Å². The van der Waals surface area contributed by atoms with Gasteiger partial charge < -0.3 is 39.4 Å². The summed E-state index contributed by atoms with van der Waals surface area (Å²) in [6.07, 6.45) is 1.70. The summed E-state index contributed by atoms with van der Waals surface area (Å²) in [5.74, 6) is -1.31. The van der Waals surface area contributed by atoms with Crippen molar-refractivity contribution in [3.63, 3.8) is 0 Å². The summed E-state index contributed by atoms with van der Waals surface area (Å²) in [6.45, 7) is 6.23. The third-order valence-electron chi connectivity index (χ3n) is 13.8. The number of aromatic nitrogens is 3. The third kappa shape index (κ3) is 9.54. The number of likely N-dealkylation sites (N-methyl/N-ethyl adjacent to an activating group) is 1. The number of anilines is 3. The fourth-order valence-corrected chi connectivity index (χ4v) is 10.3. The molecular weight excluding hydrogens is 895 g/mol. The van der Waals surface area contributed by atoms with Crippen LogP contribution in [0.3, 0.4) is 0 Å². The molecule has 1 atom stereocenters. The number of rotatable bonds is 12. The SMILES string of the molecule is CNC(=O)COc1cc2cc(Nc3nc(N4CCC(OC5CC(N6CCC(c7cc8c(cc7C(F)(F)F)C(=O)N([C@@H]7CCC(=O)NC7=O)C8)CC6)C5)CC4)ncc3Cl)ccc2n(C(C)C)c1=O. The van der Waals surface area contributed by atoms with Gasteiger partial charge in [0, 0.05) is 61.8 Å². The minimum atomic E-state index is -4.65. The van der Waals surface area contributed by atoms with Crippen LogP contribution in [-0.2, 0) is 31.8 Å². The Morgan fingerprint density at radius 3 is 2.40 bits per heavy atom. The number of alkyl halides is 3. The normalized spacial score (nSPS) is 22.0. The minimum Gasteiger partial charge on any atom is -0.478 e. The number of hydrogen-bond donors (Lipinski definition) is 3. The molecule has 2 aromatic heterocycles. The van der Waals surface area contributed by atoms with Crippen LogP contribution in [0.4, 0.5) is 30.6 Å². The first kappa shape index (κ1) is 46.3. The van der Waals surface area contributed by atoms with Gasteiger partial charge in [0.25, 0.3) is 17.4 Å². The number of amides is 4. The van der Waals surface area contributed by atoms with E-state index in [9.17, 15) is 37.1 Å². The smallest absolute Gasteiger partial charge is 0.416 e. The molecule has 4 fully saturated rings. The van der Waals surface area contributed by atoms with Gasteiger partial charge in [0.05, 0.1) is 29.5 Å². The van der Waals surface area contributed by atoms with Crippen molar-refractivity contribution in [2.75, 3.05) is 50.1 Å². The zero-order valence-electron chi connectivity index (χ0n) is 37.5. The number of imide groups is 1. The van der Waals surface area contributed by atoms with E-state index in [1.165, 1.54) is 18.0 Å². The topological polar surface area (TPSA) is 180 Å². The van der Waals surface area contributed by atoms with E-state index in [2.05, 4.69) is 30.7 Å². The van der Waals surface area contributed by atoms with Crippen molar-refractivity contribution in [1.82, 2.24) is 35.0 Å². The second kappa shape index (κ2) is 18.7. The zero-order chi connectivity index (χ0) is 47.3. The molecule has 67 heavy (non-hydrogen) atoms. The lowest BCUT2D eigenvalue weighted by atomic mass is 9.81. The average Bonchev–Trinajstić information content (AvgIpc) is 3.61. The summed E-state index contributed by atoms with van der Waals surface area (Å²) in [5, 5.41) is 9.08. The number of nitrogens with zero attached hydrogens (tertiary/aromatic N) is 6. The van der Waals surface area contributed by atoms with Crippen molar-refractivity contribution < 1.29 is 41.8 Å². The van der Waals surface area contributed by atoms with Crippen LogP contribution in [-0.4, -0.2) is 112 Å². The lowest BCUT2D eigenvalue weighted by Crippen LogP contribution is -2.52. The fraction of sp³-hybridized carbons (Fsp3) is 0.511. The molecule has 0 radical (unpaired) electrons. The van der Waals surface area contributed by atoms with Crippen molar-refractivity contribution in [2.45, 2.75) is 114 Å². The van der Waals surface area contributed by atoms with Gasteiger partial charge in [0.2, 0.25) is 17.8 Å². The number of benzene rings is 2. The molecule has 5 aliphatic rings. The van der Waals surface area contributed by atoms with Crippen LogP contribution in [0, 0.1) is 0 Å². The first-order valence-electron chi connectivity index (χ1n) is 22.9. The number of likely N-dealkylation sites (tertiary alicyclic amines) is 1. The molecule has 3 saturated heterocycles. The van der Waals surface area contributed by atoms with Crippen LogP contribution in [0.15, 0.2) is 47.4 Å². The molecule has 0 bridgehead atoms. The van der Waals surface area contributed by atoms with Gasteiger partial charge in [-0.3, -0.25) is 29.3 Å². The highest BCUT2D eigenvalue weighted by molar-refractivity contribution is 6.33. The van der Waals surface area contributed by atoms with Crippen LogP contribution in [0.1, 0.15) is 104 Å². The van der Waals surface area contributed by atoms with Crippen molar-refractivity contribution in [1.29, 1.82) is 0 Å². The van der Waals surface area contributed by atoms with Crippen LogP contribution in [0.2, 0.25) is 5.02 Å². The minimum absolute atomic E-state index is 0.0295. The van der Waals surface area contributed by atoms with Gasteiger partial charge in [-0.1, -0.05) is 17.7 Å². The van der Waals surface area contributed by atoms with E-state index >= 15 is 0 Å². The number of hydrogen-bond acceptors (Lipinski definition) is 12. The van der Waals surface area contributed by atoms with Crippen LogP contribution in [0.25, 0.3) is 10.9 Å². The number of carbonyl (C=O) groups excluding carboxylic acids is 4. The summed E-state index contributed by atoms with van der Waals surface area (Å²) in [6, 6.07) is 8.90. The fourth-order valence-electron chi connectivity index (χ4n) is 10.2. The zero-order valence-corrected chi connectivity index (χ0v) is 38.2. The monoisotopic (exact) mass is 947 g/mol. The van der Waals surface area contributed by atoms with Crippen molar-refractivity contribution in [3.05, 3.63) is 80.2 Å². The molecular formula is C47H53ClF3N9O7. The highest BCUT2D eigenvalue weighted by atomic mass is 35.5. The number of carbonyl (C=O) groups is 4. The second-order valence-corrected chi connectivity index (χ2v) is 18.8. The maximum absolute atomic E-state index is 14.5. The summed E-state index contributed by atoms with van der Waals surface area (Å²) in [4.78, 5) is 77.6. The number of pyridine rings is 1. The molecule has 4 aromatic rings.